The number of H-pyrrole nitrogens is 1. The van der Waals surface area contributed by atoms with Crippen LogP contribution < -0.4 is 10.2 Å². The molecule has 0 fully saturated rings. The molecule has 0 aliphatic rings. The first-order valence-electron chi connectivity index (χ1n) is 5.89. The Balaban J connectivity index is 2.21. The van der Waals surface area contributed by atoms with Gasteiger partial charge in [0.1, 0.15) is 10.8 Å². The highest BCUT2D eigenvalue weighted by Crippen LogP contribution is 2.31. The first-order valence-corrected chi connectivity index (χ1v) is 6.64. The van der Waals surface area contributed by atoms with E-state index in [1.165, 1.54) is 6.20 Å². The largest absolute Gasteiger partial charge is 0.455 e. The van der Waals surface area contributed by atoms with Crippen molar-refractivity contribution >= 4 is 34.1 Å². The number of hydrogen-bond acceptors (Lipinski definition) is 2. The molecular formula is C15H9Cl2NO2. The highest BCUT2D eigenvalue weighted by molar-refractivity contribution is 6.36. The van der Waals surface area contributed by atoms with E-state index in [0.29, 0.717) is 27.4 Å². The lowest BCUT2D eigenvalue weighted by Gasteiger charge is -2.09. The first-order chi connectivity index (χ1) is 9.66. The number of hydrogen-bond donors (Lipinski definition) is 1. The fourth-order valence-corrected chi connectivity index (χ4v) is 2.34. The molecule has 5 heteroatoms. The van der Waals surface area contributed by atoms with Gasteiger partial charge in [-0.05, 0) is 24.3 Å². The molecule has 0 bridgehead atoms. The van der Waals surface area contributed by atoms with Gasteiger partial charge in [0.05, 0.1) is 15.9 Å². The third-order valence-corrected chi connectivity index (χ3v) is 3.47. The van der Waals surface area contributed by atoms with E-state index in [9.17, 15) is 4.79 Å². The summed E-state index contributed by atoms with van der Waals surface area (Å²) in [6, 6.07) is 12.6. The van der Waals surface area contributed by atoms with Crippen LogP contribution in [0.15, 0.2) is 53.5 Å². The Labute approximate surface area is 124 Å². The van der Waals surface area contributed by atoms with E-state index in [0.717, 1.165) is 0 Å². The standard InChI is InChI=1S/C15H9Cl2NO2/c16-10-6-7-12(20-9-4-2-1-3-5-9)14-13(10)15(19)11(17)8-18-14/h1-8H,(H,18,19). The van der Waals surface area contributed by atoms with Crippen LogP contribution in [-0.2, 0) is 0 Å². The lowest BCUT2D eigenvalue weighted by Crippen LogP contribution is -2.04. The van der Waals surface area contributed by atoms with Crippen LogP contribution in [0.1, 0.15) is 0 Å². The lowest BCUT2D eigenvalue weighted by molar-refractivity contribution is 0.487. The van der Waals surface area contributed by atoms with Gasteiger partial charge in [0.2, 0.25) is 5.43 Å². The van der Waals surface area contributed by atoms with Gasteiger partial charge in [-0.3, -0.25) is 4.79 Å². The minimum absolute atomic E-state index is 0.0938. The quantitative estimate of drug-likeness (QED) is 0.750. The van der Waals surface area contributed by atoms with Crippen LogP contribution in [0.25, 0.3) is 10.9 Å². The summed E-state index contributed by atoms with van der Waals surface area (Å²) in [4.78, 5) is 15.0. The highest BCUT2D eigenvalue weighted by Gasteiger charge is 2.12. The monoisotopic (exact) mass is 305 g/mol. The zero-order valence-electron chi connectivity index (χ0n) is 10.2. The topological polar surface area (TPSA) is 42.1 Å². The Bertz CT molecular complexity index is 828. The van der Waals surface area contributed by atoms with Gasteiger partial charge in [-0.25, -0.2) is 0 Å². The van der Waals surface area contributed by atoms with Crippen LogP contribution in [-0.4, -0.2) is 4.98 Å². The van der Waals surface area contributed by atoms with E-state index in [-0.39, 0.29) is 10.5 Å². The molecule has 100 valence electrons. The van der Waals surface area contributed by atoms with Crippen molar-refractivity contribution in [2.75, 3.05) is 0 Å². The van der Waals surface area contributed by atoms with Gasteiger partial charge < -0.3 is 9.72 Å². The van der Waals surface area contributed by atoms with Crippen LogP contribution in [0, 0.1) is 0 Å². The van der Waals surface area contributed by atoms with Crippen molar-refractivity contribution in [2.24, 2.45) is 0 Å². The maximum absolute atomic E-state index is 12.1. The molecule has 1 aromatic heterocycles. The smallest absolute Gasteiger partial charge is 0.209 e. The van der Waals surface area contributed by atoms with E-state index in [1.807, 2.05) is 30.3 Å². The molecule has 0 amide bonds. The van der Waals surface area contributed by atoms with Crippen LogP contribution in [0.4, 0.5) is 0 Å². The van der Waals surface area contributed by atoms with Gasteiger partial charge in [-0.15, -0.1) is 0 Å². The van der Waals surface area contributed by atoms with Gasteiger partial charge in [-0.2, -0.15) is 0 Å². The summed E-state index contributed by atoms with van der Waals surface area (Å²) in [6.07, 6.45) is 1.43. The van der Waals surface area contributed by atoms with Crippen LogP contribution >= 0.6 is 23.2 Å². The van der Waals surface area contributed by atoms with Crippen molar-refractivity contribution < 1.29 is 4.74 Å². The molecule has 3 rings (SSSR count). The molecule has 0 saturated carbocycles. The highest BCUT2D eigenvalue weighted by atomic mass is 35.5. The molecule has 0 radical (unpaired) electrons. The molecule has 3 aromatic rings. The predicted octanol–water partition coefficient (Wildman–Crippen LogP) is 4.63. The molecule has 0 aliphatic heterocycles. The van der Waals surface area contributed by atoms with Gasteiger partial charge in [-0.1, -0.05) is 41.4 Å². The molecule has 0 spiro atoms. The summed E-state index contributed by atoms with van der Waals surface area (Å²) in [6.45, 7) is 0. The summed E-state index contributed by atoms with van der Waals surface area (Å²) in [5.74, 6) is 1.19. The number of ether oxygens (including phenoxy) is 1. The maximum Gasteiger partial charge on any atom is 0.209 e. The number of benzene rings is 2. The van der Waals surface area contributed by atoms with Crippen LogP contribution in [0.5, 0.6) is 11.5 Å². The van der Waals surface area contributed by atoms with Gasteiger partial charge in [0, 0.05) is 6.20 Å². The second kappa shape index (κ2) is 5.19. The van der Waals surface area contributed by atoms with Crippen molar-refractivity contribution in [3.63, 3.8) is 0 Å². The van der Waals surface area contributed by atoms with Gasteiger partial charge in [0.25, 0.3) is 0 Å². The summed E-state index contributed by atoms with van der Waals surface area (Å²) in [7, 11) is 0. The molecule has 1 heterocycles. The van der Waals surface area contributed by atoms with E-state index in [1.54, 1.807) is 12.1 Å². The molecule has 0 aliphatic carbocycles. The molecule has 0 atom stereocenters. The summed E-state index contributed by atoms with van der Waals surface area (Å²) < 4.78 is 5.77. The van der Waals surface area contributed by atoms with Gasteiger partial charge in [0.15, 0.2) is 5.75 Å². The number of rotatable bonds is 2. The van der Waals surface area contributed by atoms with Crippen molar-refractivity contribution in [1.82, 2.24) is 4.98 Å². The summed E-state index contributed by atoms with van der Waals surface area (Å²) in [5, 5.41) is 0.757. The molecule has 2 aromatic carbocycles. The molecule has 0 unspecified atom stereocenters. The number of fused-ring (bicyclic) bond motifs is 1. The number of pyridine rings is 1. The Kier molecular flexibility index (Phi) is 3.38. The number of aromatic amines is 1. The minimum atomic E-state index is -0.316. The van der Waals surface area contributed by atoms with E-state index < -0.39 is 0 Å². The predicted molar refractivity (Wildman–Crippen MR) is 81.1 cm³/mol. The normalized spacial score (nSPS) is 10.7. The number of para-hydroxylation sites is 1. The minimum Gasteiger partial charge on any atom is -0.455 e. The molecule has 20 heavy (non-hydrogen) atoms. The number of halogens is 2. The number of aromatic nitrogens is 1. The summed E-state index contributed by atoms with van der Waals surface area (Å²) >= 11 is 11.9. The SMILES string of the molecule is O=c1c(Cl)c[nH]c2c(Oc3ccccc3)ccc(Cl)c12. The average molecular weight is 306 g/mol. The fourth-order valence-electron chi connectivity index (χ4n) is 1.94. The molecule has 0 saturated heterocycles. The molecule has 1 N–H and O–H groups in total. The van der Waals surface area contributed by atoms with E-state index in [4.69, 9.17) is 27.9 Å². The Hall–Kier alpha value is -1.97. The maximum atomic E-state index is 12.1. The fraction of sp³-hybridized carbons (Fsp3) is 0. The average Bonchev–Trinajstić information content (AvgIpc) is 2.46. The van der Waals surface area contributed by atoms with E-state index >= 15 is 0 Å². The van der Waals surface area contributed by atoms with E-state index in [2.05, 4.69) is 4.98 Å². The third kappa shape index (κ3) is 2.26. The zero-order chi connectivity index (χ0) is 14.1. The molecular weight excluding hydrogens is 297 g/mol. The zero-order valence-corrected chi connectivity index (χ0v) is 11.7. The second-order valence-electron chi connectivity index (χ2n) is 4.18. The van der Waals surface area contributed by atoms with Crippen LogP contribution in [0.2, 0.25) is 10.0 Å². The Morgan fingerprint density at radius 1 is 0.950 bits per heavy atom. The molecule has 3 nitrogen and oxygen atoms in total. The van der Waals surface area contributed by atoms with Crippen LogP contribution in [0.3, 0.4) is 0 Å². The van der Waals surface area contributed by atoms with Crippen molar-refractivity contribution in [3.8, 4) is 11.5 Å². The Morgan fingerprint density at radius 2 is 1.70 bits per heavy atom. The van der Waals surface area contributed by atoms with Crippen molar-refractivity contribution in [3.05, 3.63) is 68.9 Å². The summed E-state index contributed by atoms with van der Waals surface area (Å²) in [5.41, 5.74) is 0.208. The third-order valence-electron chi connectivity index (χ3n) is 2.87. The van der Waals surface area contributed by atoms with Crippen molar-refractivity contribution in [1.29, 1.82) is 0 Å². The first kappa shape index (κ1) is 13.0. The lowest BCUT2D eigenvalue weighted by atomic mass is 10.2. The van der Waals surface area contributed by atoms with Gasteiger partial charge >= 0.3 is 0 Å². The second-order valence-corrected chi connectivity index (χ2v) is 4.99. The van der Waals surface area contributed by atoms with Crippen molar-refractivity contribution in [2.45, 2.75) is 0 Å². The number of nitrogens with one attached hydrogen (secondary N) is 1. The Morgan fingerprint density at radius 3 is 2.45 bits per heavy atom.